The molecule has 4 heteroatoms. The lowest BCUT2D eigenvalue weighted by molar-refractivity contribution is 0.630. The van der Waals surface area contributed by atoms with Gasteiger partial charge >= 0.3 is 0 Å². The SMILES string of the molecule is Cn1cnc(-c2cc(F)cc3cccnc23)c1. The van der Waals surface area contributed by atoms with Crippen molar-refractivity contribution in [2.45, 2.75) is 0 Å². The number of hydrogen-bond donors (Lipinski definition) is 0. The van der Waals surface area contributed by atoms with Gasteiger partial charge in [-0.05, 0) is 18.2 Å². The molecule has 0 saturated carbocycles. The molecule has 0 bridgehead atoms. The normalized spacial score (nSPS) is 10.9. The molecular weight excluding hydrogens is 217 g/mol. The summed E-state index contributed by atoms with van der Waals surface area (Å²) in [7, 11) is 1.88. The van der Waals surface area contributed by atoms with Crippen molar-refractivity contribution in [2.75, 3.05) is 0 Å². The Labute approximate surface area is 97.6 Å². The summed E-state index contributed by atoms with van der Waals surface area (Å²) in [5.74, 6) is -0.272. The van der Waals surface area contributed by atoms with Crippen LogP contribution in [-0.4, -0.2) is 14.5 Å². The largest absolute Gasteiger partial charge is 0.340 e. The van der Waals surface area contributed by atoms with Gasteiger partial charge in [0.2, 0.25) is 0 Å². The Kier molecular flexibility index (Phi) is 2.14. The van der Waals surface area contributed by atoms with Crippen LogP contribution < -0.4 is 0 Å². The first-order valence-corrected chi connectivity index (χ1v) is 5.26. The summed E-state index contributed by atoms with van der Waals surface area (Å²) in [4.78, 5) is 8.53. The zero-order chi connectivity index (χ0) is 11.8. The van der Waals surface area contributed by atoms with E-state index in [0.29, 0.717) is 0 Å². The van der Waals surface area contributed by atoms with Crippen LogP contribution in [0.5, 0.6) is 0 Å². The van der Waals surface area contributed by atoms with Crippen LogP contribution in [0.25, 0.3) is 22.2 Å². The Bertz CT molecular complexity index is 688. The first-order valence-electron chi connectivity index (χ1n) is 5.26. The van der Waals surface area contributed by atoms with Gasteiger partial charge in [0.15, 0.2) is 0 Å². The van der Waals surface area contributed by atoms with Crippen LogP contribution in [0.15, 0.2) is 43.0 Å². The van der Waals surface area contributed by atoms with Gasteiger partial charge in [-0.1, -0.05) is 6.07 Å². The highest BCUT2D eigenvalue weighted by atomic mass is 19.1. The number of pyridine rings is 1. The lowest BCUT2D eigenvalue weighted by Gasteiger charge is -2.03. The Morgan fingerprint density at radius 3 is 2.88 bits per heavy atom. The first kappa shape index (κ1) is 9.96. The average Bonchev–Trinajstić information content (AvgIpc) is 2.74. The number of fused-ring (bicyclic) bond motifs is 1. The molecule has 0 aliphatic carbocycles. The number of rotatable bonds is 1. The number of aromatic nitrogens is 3. The highest BCUT2D eigenvalue weighted by molar-refractivity contribution is 5.92. The fraction of sp³-hybridized carbons (Fsp3) is 0.0769. The minimum absolute atomic E-state index is 0.272. The fourth-order valence-electron chi connectivity index (χ4n) is 1.90. The quantitative estimate of drug-likeness (QED) is 0.640. The molecule has 0 N–H and O–H groups in total. The summed E-state index contributed by atoms with van der Waals surface area (Å²) in [6.07, 6.45) is 5.24. The number of halogens is 1. The molecule has 0 atom stereocenters. The highest BCUT2D eigenvalue weighted by Crippen LogP contribution is 2.26. The fourth-order valence-corrected chi connectivity index (χ4v) is 1.90. The van der Waals surface area contributed by atoms with Crippen LogP contribution in [0.3, 0.4) is 0 Å². The number of benzene rings is 1. The van der Waals surface area contributed by atoms with Crippen LogP contribution in [0.2, 0.25) is 0 Å². The topological polar surface area (TPSA) is 30.7 Å². The lowest BCUT2D eigenvalue weighted by atomic mass is 10.1. The molecule has 0 radical (unpaired) electrons. The van der Waals surface area contributed by atoms with Crippen LogP contribution in [0.4, 0.5) is 4.39 Å². The van der Waals surface area contributed by atoms with E-state index in [1.54, 1.807) is 18.6 Å². The van der Waals surface area contributed by atoms with Crippen molar-refractivity contribution in [3.8, 4) is 11.3 Å². The molecule has 0 aliphatic heterocycles. The zero-order valence-corrected chi connectivity index (χ0v) is 9.26. The molecular formula is C13H10FN3. The van der Waals surface area contributed by atoms with E-state index in [9.17, 15) is 4.39 Å². The third kappa shape index (κ3) is 1.67. The molecule has 0 fully saturated rings. The Hall–Kier alpha value is -2.23. The molecule has 0 amide bonds. The van der Waals surface area contributed by atoms with Gasteiger partial charge in [-0.25, -0.2) is 9.37 Å². The molecule has 0 unspecified atom stereocenters. The first-order chi connectivity index (χ1) is 8.24. The second kappa shape index (κ2) is 3.66. The van der Waals surface area contributed by atoms with E-state index in [1.807, 2.05) is 23.9 Å². The smallest absolute Gasteiger partial charge is 0.124 e. The van der Waals surface area contributed by atoms with E-state index >= 15 is 0 Å². The van der Waals surface area contributed by atoms with Crippen molar-refractivity contribution in [1.82, 2.24) is 14.5 Å². The molecule has 0 saturated heterocycles. The minimum Gasteiger partial charge on any atom is -0.340 e. The molecule has 3 nitrogen and oxygen atoms in total. The predicted octanol–water partition coefficient (Wildman–Crippen LogP) is 2.77. The van der Waals surface area contributed by atoms with Crippen molar-refractivity contribution >= 4 is 10.9 Å². The van der Waals surface area contributed by atoms with E-state index in [1.165, 1.54) is 12.1 Å². The van der Waals surface area contributed by atoms with Crippen molar-refractivity contribution in [1.29, 1.82) is 0 Å². The number of hydrogen-bond acceptors (Lipinski definition) is 2. The molecule has 2 heterocycles. The second-order valence-corrected chi connectivity index (χ2v) is 3.95. The Morgan fingerprint density at radius 1 is 1.24 bits per heavy atom. The van der Waals surface area contributed by atoms with E-state index in [2.05, 4.69) is 9.97 Å². The number of nitrogens with zero attached hydrogens (tertiary/aromatic N) is 3. The maximum absolute atomic E-state index is 13.5. The molecule has 2 aromatic heterocycles. The van der Waals surface area contributed by atoms with Gasteiger partial charge in [0.25, 0.3) is 0 Å². The summed E-state index contributed by atoms with van der Waals surface area (Å²) in [5.41, 5.74) is 2.23. The Morgan fingerprint density at radius 2 is 2.12 bits per heavy atom. The van der Waals surface area contributed by atoms with Crippen LogP contribution in [0.1, 0.15) is 0 Å². The van der Waals surface area contributed by atoms with E-state index in [0.717, 1.165) is 22.2 Å². The molecule has 3 rings (SSSR count). The molecule has 17 heavy (non-hydrogen) atoms. The summed E-state index contributed by atoms with van der Waals surface area (Å²) in [6.45, 7) is 0. The van der Waals surface area contributed by atoms with Crippen LogP contribution in [0, 0.1) is 5.82 Å². The standard InChI is InChI=1S/C13H10FN3/c1-17-7-12(16-8-17)11-6-10(14)5-9-3-2-4-15-13(9)11/h2-8H,1H3. The second-order valence-electron chi connectivity index (χ2n) is 3.95. The average molecular weight is 227 g/mol. The van der Waals surface area contributed by atoms with Gasteiger partial charge in [0.05, 0.1) is 17.5 Å². The maximum atomic E-state index is 13.5. The van der Waals surface area contributed by atoms with E-state index < -0.39 is 0 Å². The van der Waals surface area contributed by atoms with Gasteiger partial charge in [0.1, 0.15) is 5.82 Å². The summed E-state index contributed by atoms with van der Waals surface area (Å²) < 4.78 is 15.4. The van der Waals surface area contributed by atoms with Crippen molar-refractivity contribution in [3.63, 3.8) is 0 Å². The predicted molar refractivity (Wildman–Crippen MR) is 63.9 cm³/mol. The third-order valence-corrected chi connectivity index (χ3v) is 2.65. The van der Waals surface area contributed by atoms with Crippen LogP contribution >= 0.6 is 0 Å². The molecule has 0 aliphatic rings. The summed E-state index contributed by atoms with van der Waals surface area (Å²) in [5, 5.41) is 0.785. The Balaban J connectivity index is 2.35. The van der Waals surface area contributed by atoms with Gasteiger partial charge < -0.3 is 4.57 Å². The van der Waals surface area contributed by atoms with Crippen molar-refractivity contribution in [3.05, 3.63) is 48.8 Å². The van der Waals surface area contributed by atoms with Crippen molar-refractivity contribution < 1.29 is 4.39 Å². The van der Waals surface area contributed by atoms with Gasteiger partial charge in [-0.15, -0.1) is 0 Å². The van der Waals surface area contributed by atoms with Gasteiger partial charge in [0, 0.05) is 30.4 Å². The van der Waals surface area contributed by atoms with Gasteiger partial charge in [-0.2, -0.15) is 0 Å². The molecule has 3 aromatic rings. The van der Waals surface area contributed by atoms with Crippen molar-refractivity contribution in [2.24, 2.45) is 7.05 Å². The highest BCUT2D eigenvalue weighted by Gasteiger charge is 2.09. The maximum Gasteiger partial charge on any atom is 0.124 e. The van der Waals surface area contributed by atoms with Gasteiger partial charge in [-0.3, -0.25) is 4.98 Å². The lowest BCUT2D eigenvalue weighted by Crippen LogP contribution is -1.87. The number of imidazole rings is 1. The monoisotopic (exact) mass is 227 g/mol. The zero-order valence-electron chi connectivity index (χ0n) is 9.26. The molecule has 84 valence electrons. The van der Waals surface area contributed by atoms with E-state index in [4.69, 9.17) is 0 Å². The molecule has 1 aromatic carbocycles. The van der Waals surface area contributed by atoms with Crippen LogP contribution in [-0.2, 0) is 7.05 Å². The van der Waals surface area contributed by atoms with E-state index in [-0.39, 0.29) is 5.82 Å². The minimum atomic E-state index is -0.272. The summed E-state index contributed by atoms with van der Waals surface area (Å²) in [6, 6.07) is 6.59. The third-order valence-electron chi connectivity index (χ3n) is 2.65. The number of aryl methyl sites for hydroxylation is 1. The molecule has 0 spiro atoms. The summed E-state index contributed by atoms with van der Waals surface area (Å²) >= 11 is 0.